The molecular weight excluding hydrogens is 349 g/mol. The van der Waals surface area contributed by atoms with Crippen LogP contribution in [0, 0.1) is 5.92 Å². The summed E-state index contributed by atoms with van der Waals surface area (Å²) in [6, 6.07) is 7.34. The van der Waals surface area contributed by atoms with E-state index in [0.29, 0.717) is 11.6 Å². The van der Waals surface area contributed by atoms with E-state index in [1.807, 2.05) is 26.0 Å². The van der Waals surface area contributed by atoms with Crippen LogP contribution in [-0.2, 0) is 9.59 Å². The fourth-order valence-electron chi connectivity index (χ4n) is 1.92. The van der Waals surface area contributed by atoms with Gasteiger partial charge in [-0.15, -0.1) is 0 Å². The highest BCUT2D eigenvalue weighted by atomic mass is 35.5. The average molecular weight is 365 g/mol. The van der Waals surface area contributed by atoms with E-state index < -0.39 is 21.9 Å². The zero-order chi connectivity index (χ0) is 16.9. The second-order valence-corrected chi connectivity index (χ2v) is 6.24. The summed E-state index contributed by atoms with van der Waals surface area (Å²) in [5, 5.41) is 10.7. The maximum absolute atomic E-state index is 11.8. The van der Waals surface area contributed by atoms with Crippen molar-refractivity contribution in [1.82, 2.24) is 5.32 Å². The lowest BCUT2D eigenvalue weighted by atomic mass is 9.88. The van der Waals surface area contributed by atoms with Crippen molar-refractivity contribution in [3.8, 4) is 0 Å². The first kappa shape index (κ1) is 18.8. The van der Waals surface area contributed by atoms with Gasteiger partial charge < -0.3 is 10.4 Å². The topological polar surface area (TPSA) is 66.4 Å². The van der Waals surface area contributed by atoms with Crippen LogP contribution in [0.4, 0.5) is 0 Å². The van der Waals surface area contributed by atoms with Crippen LogP contribution >= 0.6 is 34.8 Å². The van der Waals surface area contributed by atoms with E-state index in [1.54, 1.807) is 12.1 Å². The van der Waals surface area contributed by atoms with Crippen molar-refractivity contribution in [2.75, 3.05) is 6.54 Å². The van der Waals surface area contributed by atoms with E-state index in [-0.39, 0.29) is 11.8 Å². The molecule has 1 atom stereocenters. The minimum absolute atomic E-state index is 0.0364. The fraction of sp³-hybridized carbons (Fsp3) is 0.333. The number of hydrogen-bond donors (Lipinski definition) is 2. The summed E-state index contributed by atoms with van der Waals surface area (Å²) in [6.45, 7) is 4.35. The van der Waals surface area contributed by atoms with Crippen molar-refractivity contribution >= 4 is 46.7 Å². The van der Waals surface area contributed by atoms with E-state index >= 15 is 0 Å². The molecule has 4 nitrogen and oxygen atoms in total. The summed E-state index contributed by atoms with van der Waals surface area (Å²) >= 11 is 17.0. The summed E-state index contributed by atoms with van der Waals surface area (Å²) in [5.41, 5.74) is 1.02. The van der Waals surface area contributed by atoms with E-state index in [1.165, 1.54) is 0 Å². The van der Waals surface area contributed by atoms with Crippen LogP contribution in [0.25, 0.3) is 0 Å². The molecule has 0 aliphatic carbocycles. The molecule has 0 heterocycles. The first-order valence-electron chi connectivity index (χ1n) is 6.56. The lowest BCUT2D eigenvalue weighted by Crippen LogP contribution is -2.31. The second-order valence-electron chi connectivity index (χ2n) is 5.05. The molecule has 0 spiro atoms. The quantitative estimate of drug-likeness (QED) is 0.751. The highest BCUT2D eigenvalue weighted by Crippen LogP contribution is 2.25. The molecule has 0 aromatic heterocycles. The maximum Gasteiger partial charge on any atom is 0.349 e. The summed E-state index contributed by atoms with van der Waals surface area (Å²) in [7, 11) is 0. The van der Waals surface area contributed by atoms with E-state index in [2.05, 4.69) is 5.32 Å². The number of amides is 1. The monoisotopic (exact) mass is 363 g/mol. The molecular formula is C15H16Cl3NO3. The Labute approximate surface area is 144 Å². The number of carbonyl (C=O) groups excluding carboxylic acids is 1. The Balaban J connectivity index is 2.82. The molecule has 0 radical (unpaired) electrons. The van der Waals surface area contributed by atoms with Gasteiger partial charge in [-0.25, -0.2) is 4.79 Å². The number of hydrogen-bond acceptors (Lipinski definition) is 2. The lowest BCUT2D eigenvalue weighted by Gasteiger charge is -2.22. The van der Waals surface area contributed by atoms with Crippen LogP contribution in [0.3, 0.4) is 0 Å². The molecule has 0 fully saturated rings. The van der Waals surface area contributed by atoms with Gasteiger partial charge in [0.25, 0.3) is 5.91 Å². The van der Waals surface area contributed by atoms with E-state index in [4.69, 9.17) is 39.9 Å². The van der Waals surface area contributed by atoms with Gasteiger partial charge in [0.15, 0.2) is 0 Å². The maximum atomic E-state index is 11.8. The highest BCUT2D eigenvalue weighted by molar-refractivity contribution is 6.53. The molecule has 1 amide bonds. The molecule has 22 heavy (non-hydrogen) atoms. The van der Waals surface area contributed by atoms with Crippen LogP contribution in [0.2, 0.25) is 5.02 Å². The van der Waals surface area contributed by atoms with Gasteiger partial charge in [-0.2, -0.15) is 0 Å². The summed E-state index contributed by atoms with van der Waals surface area (Å²) < 4.78 is 0. The van der Waals surface area contributed by atoms with Crippen molar-refractivity contribution in [3.63, 3.8) is 0 Å². The van der Waals surface area contributed by atoms with Crippen molar-refractivity contribution in [3.05, 3.63) is 44.9 Å². The fourth-order valence-corrected chi connectivity index (χ4v) is 2.28. The van der Waals surface area contributed by atoms with Crippen LogP contribution in [0.5, 0.6) is 0 Å². The molecule has 0 aliphatic rings. The van der Waals surface area contributed by atoms with Crippen molar-refractivity contribution < 1.29 is 14.7 Å². The number of aliphatic carboxylic acids is 1. The van der Waals surface area contributed by atoms with Crippen molar-refractivity contribution in [2.45, 2.75) is 19.8 Å². The van der Waals surface area contributed by atoms with E-state index in [9.17, 15) is 9.59 Å². The van der Waals surface area contributed by atoms with Gasteiger partial charge in [0.1, 0.15) is 10.1 Å². The molecule has 0 saturated heterocycles. The number of carboxylic acid groups (broad SMARTS) is 1. The molecule has 0 bridgehead atoms. The predicted octanol–water partition coefficient (Wildman–Crippen LogP) is 3.97. The largest absolute Gasteiger partial charge is 0.477 e. The summed E-state index contributed by atoms with van der Waals surface area (Å²) in [6.07, 6.45) is 0. The number of rotatable bonds is 6. The molecule has 2 N–H and O–H groups in total. The van der Waals surface area contributed by atoms with Gasteiger partial charge in [0.2, 0.25) is 0 Å². The molecule has 0 saturated carbocycles. The van der Waals surface area contributed by atoms with Gasteiger partial charge >= 0.3 is 5.97 Å². The molecule has 1 rings (SSSR count). The second kappa shape index (κ2) is 8.42. The molecule has 1 aromatic carbocycles. The third kappa shape index (κ3) is 5.20. The number of carboxylic acids is 1. The molecule has 7 heteroatoms. The minimum Gasteiger partial charge on any atom is -0.477 e. The molecule has 120 valence electrons. The van der Waals surface area contributed by atoms with Crippen molar-refractivity contribution in [2.24, 2.45) is 5.92 Å². The summed E-state index contributed by atoms with van der Waals surface area (Å²) in [4.78, 5) is 22.5. The van der Waals surface area contributed by atoms with Gasteiger partial charge in [0, 0.05) is 17.5 Å². The Morgan fingerprint density at radius 1 is 1.14 bits per heavy atom. The highest BCUT2D eigenvalue weighted by Gasteiger charge is 2.20. The Morgan fingerprint density at radius 3 is 2.14 bits per heavy atom. The first-order valence-corrected chi connectivity index (χ1v) is 7.69. The Bertz CT molecular complexity index is 582. The standard InChI is InChI=1S/C15H16Cl3NO3/c1-8(2)11(9-3-5-10(16)6-4-9)7-19-14(20)12(17)13(18)15(21)22/h3-6,8,11H,7H2,1-2H3,(H,19,20)(H,21,22). The van der Waals surface area contributed by atoms with Crippen LogP contribution in [0.15, 0.2) is 34.3 Å². The van der Waals surface area contributed by atoms with Crippen LogP contribution in [-0.4, -0.2) is 23.5 Å². The zero-order valence-corrected chi connectivity index (χ0v) is 14.3. The van der Waals surface area contributed by atoms with E-state index in [0.717, 1.165) is 5.56 Å². The van der Waals surface area contributed by atoms with Gasteiger partial charge in [-0.1, -0.05) is 60.8 Å². The Kier molecular flexibility index (Phi) is 7.20. The van der Waals surface area contributed by atoms with Gasteiger partial charge in [0.05, 0.1) is 0 Å². The number of halogens is 3. The van der Waals surface area contributed by atoms with Crippen molar-refractivity contribution in [1.29, 1.82) is 0 Å². The Hall–Kier alpha value is -1.23. The van der Waals surface area contributed by atoms with Crippen LogP contribution in [0.1, 0.15) is 25.3 Å². The summed E-state index contributed by atoms with van der Waals surface area (Å²) in [5.74, 6) is -1.87. The number of carbonyl (C=O) groups is 2. The normalized spacial score (nSPS) is 13.5. The SMILES string of the molecule is CC(C)C(CNC(=O)C(Cl)=C(Cl)C(=O)O)c1ccc(Cl)cc1. The molecule has 0 aliphatic heterocycles. The minimum atomic E-state index is -1.44. The molecule has 1 aromatic rings. The lowest BCUT2D eigenvalue weighted by molar-refractivity contribution is -0.132. The van der Waals surface area contributed by atoms with Gasteiger partial charge in [-0.05, 0) is 23.6 Å². The predicted molar refractivity (Wildman–Crippen MR) is 88.4 cm³/mol. The van der Waals surface area contributed by atoms with Crippen LogP contribution < -0.4 is 5.32 Å². The smallest absolute Gasteiger partial charge is 0.349 e. The third-order valence-electron chi connectivity index (χ3n) is 3.17. The number of benzene rings is 1. The average Bonchev–Trinajstić information content (AvgIpc) is 2.47. The van der Waals surface area contributed by atoms with Gasteiger partial charge in [-0.3, -0.25) is 4.79 Å². The number of nitrogens with one attached hydrogen (secondary N) is 1. The molecule has 1 unspecified atom stereocenters. The first-order chi connectivity index (χ1) is 10.2. The zero-order valence-electron chi connectivity index (χ0n) is 12.1. The Morgan fingerprint density at radius 2 is 1.68 bits per heavy atom. The third-order valence-corrected chi connectivity index (χ3v) is 4.23.